The number of aromatic nitrogens is 1. The van der Waals surface area contributed by atoms with Gasteiger partial charge in [0.15, 0.2) is 0 Å². The minimum Gasteiger partial charge on any atom is -0.441 e. The van der Waals surface area contributed by atoms with Gasteiger partial charge in [0, 0.05) is 31.7 Å². The van der Waals surface area contributed by atoms with Crippen molar-refractivity contribution in [3.8, 4) is 11.5 Å². The number of hydrogen-bond donors (Lipinski definition) is 0. The lowest BCUT2D eigenvalue weighted by Gasteiger charge is -2.36. The van der Waals surface area contributed by atoms with Crippen LogP contribution in [0.15, 0.2) is 28.7 Å². The lowest BCUT2D eigenvalue weighted by atomic mass is 9.96. The summed E-state index contributed by atoms with van der Waals surface area (Å²) in [6.45, 7) is 6.90. The molecule has 150 valence electrons. The number of carbonyl (C=O) groups excluding carboxylic acids is 1. The summed E-state index contributed by atoms with van der Waals surface area (Å²) >= 11 is 0. The van der Waals surface area contributed by atoms with E-state index in [-0.39, 0.29) is 17.6 Å². The van der Waals surface area contributed by atoms with Crippen molar-refractivity contribution in [2.24, 2.45) is 5.92 Å². The molecule has 1 aromatic heterocycles. The number of hydrogen-bond acceptors (Lipinski definition) is 5. The molecule has 2 fully saturated rings. The molecule has 2 aromatic rings. The predicted octanol–water partition coefficient (Wildman–Crippen LogP) is 2.86. The molecule has 1 amide bonds. The highest BCUT2D eigenvalue weighted by Gasteiger charge is 2.30. The number of benzene rings is 1. The van der Waals surface area contributed by atoms with Gasteiger partial charge < -0.3 is 14.1 Å². The first-order chi connectivity index (χ1) is 13.6. The molecule has 3 heterocycles. The number of oxazole rings is 1. The number of nitrogens with zero attached hydrogens (tertiary/aromatic N) is 3. The van der Waals surface area contributed by atoms with E-state index < -0.39 is 0 Å². The van der Waals surface area contributed by atoms with Crippen LogP contribution in [0.2, 0.25) is 0 Å². The highest BCUT2D eigenvalue weighted by atomic mass is 19.1. The van der Waals surface area contributed by atoms with Crippen LogP contribution >= 0.6 is 0 Å². The summed E-state index contributed by atoms with van der Waals surface area (Å²) in [6.07, 6.45) is 1.94. The van der Waals surface area contributed by atoms with Gasteiger partial charge >= 0.3 is 0 Å². The van der Waals surface area contributed by atoms with Crippen LogP contribution in [0, 0.1) is 18.7 Å². The van der Waals surface area contributed by atoms with E-state index in [9.17, 15) is 9.18 Å². The zero-order chi connectivity index (χ0) is 19.5. The molecular formula is C21H26FN3O3. The standard InChI is InChI=1S/C21H26FN3O3/c1-15-19(23-20(28-15)16-4-6-18(22)7-5-16)14-24-8-2-3-17(13-24)21(26)25-9-11-27-12-10-25/h4-7,17H,2-3,8-14H2,1H3/t17-/m0/s1. The number of ether oxygens (including phenoxy) is 1. The van der Waals surface area contributed by atoms with Gasteiger partial charge in [-0.25, -0.2) is 9.37 Å². The van der Waals surface area contributed by atoms with E-state index in [2.05, 4.69) is 9.88 Å². The number of amides is 1. The number of piperidine rings is 1. The average Bonchev–Trinajstić information content (AvgIpc) is 3.09. The first-order valence-corrected chi connectivity index (χ1v) is 9.91. The molecular weight excluding hydrogens is 361 g/mol. The monoisotopic (exact) mass is 387 g/mol. The van der Waals surface area contributed by atoms with Crippen LogP contribution in [0.4, 0.5) is 4.39 Å². The van der Waals surface area contributed by atoms with Crippen molar-refractivity contribution in [2.75, 3.05) is 39.4 Å². The van der Waals surface area contributed by atoms with E-state index in [0.717, 1.165) is 42.9 Å². The van der Waals surface area contributed by atoms with Crippen molar-refractivity contribution in [2.45, 2.75) is 26.3 Å². The molecule has 1 atom stereocenters. The third kappa shape index (κ3) is 4.25. The zero-order valence-electron chi connectivity index (χ0n) is 16.2. The molecule has 6 nitrogen and oxygen atoms in total. The lowest BCUT2D eigenvalue weighted by molar-refractivity contribution is -0.141. The van der Waals surface area contributed by atoms with Crippen molar-refractivity contribution in [1.29, 1.82) is 0 Å². The van der Waals surface area contributed by atoms with E-state index in [1.165, 1.54) is 12.1 Å². The average molecular weight is 387 g/mol. The van der Waals surface area contributed by atoms with E-state index in [4.69, 9.17) is 9.15 Å². The Kier molecular flexibility index (Phi) is 5.73. The Balaban J connectivity index is 1.41. The van der Waals surface area contributed by atoms with Gasteiger partial charge in [0.1, 0.15) is 11.6 Å². The van der Waals surface area contributed by atoms with Gasteiger partial charge in [0.25, 0.3) is 0 Å². The van der Waals surface area contributed by atoms with Crippen LogP contribution in [0.3, 0.4) is 0 Å². The van der Waals surface area contributed by atoms with E-state index in [1.54, 1.807) is 12.1 Å². The number of aryl methyl sites for hydroxylation is 1. The summed E-state index contributed by atoms with van der Waals surface area (Å²) in [6, 6.07) is 6.15. The van der Waals surface area contributed by atoms with Crippen LogP contribution in [-0.2, 0) is 16.1 Å². The molecule has 0 aliphatic carbocycles. The number of halogens is 1. The first-order valence-electron chi connectivity index (χ1n) is 9.91. The minimum atomic E-state index is -0.281. The van der Waals surface area contributed by atoms with E-state index >= 15 is 0 Å². The lowest BCUT2D eigenvalue weighted by Crippen LogP contribution is -2.48. The highest BCUT2D eigenvalue weighted by molar-refractivity contribution is 5.79. The maximum absolute atomic E-state index is 13.1. The molecule has 0 radical (unpaired) electrons. The van der Waals surface area contributed by atoms with Gasteiger partial charge in [-0.15, -0.1) is 0 Å². The summed E-state index contributed by atoms with van der Waals surface area (Å²) in [5.41, 5.74) is 1.63. The smallest absolute Gasteiger partial charge is 0.227 e. The van der Waals surface area contributed by atoms with Crippen molar-refractivity contribution >= 4 is 5.91 Å². The molecule has 28 heavy (non-hydrogen) atoms. The Bertz CT molecular complexity index is 815. The third-order valence-corrected chi connectivity index (χ3v) is 5.53. The van der Waals surface area contributed by atoms with Crippen LogP contribution in [0.25, 0.3) is 11.5 Å². The van der Waals surface area contributed by atoms with Crippen molar-refractivity contribution in [1.82, 2.24) is 14.8 Å². The molecule has 0 spiro atoms. The maximum atomic E-state index is 13.1. The summed E-state index contributed by atoms with van der Waals surface area (Å²) in [5.74, 6) is 1.27. The van der Waals surface area contributed by atoms with Crippen molar-refractivity contribution in [3.63, 3.8) is 0 Å². The summed E-state index contributed by atoms with van der Waals surface area (Å²) in [4.78, 5) is 21.7. The Morgan fingerprint density at radius 2 is 1.96 bits per heavy atom. The SMILES string of the molecule is Cc1oc(-c2ccc(F)cc2)nc1CN1CCC[C@H](C(=O)N2CCOCC2)C1. The number of rotatable bonds is 4. The molecule has 7 heteroatoms. The summed E-state index contributed by atoms with van der Waals surface area (Å²) < 4.78 is 24.3. The Morgan fingerprint density at radius 3 is 2.71 bits per heavy atom. The Morgan fingerprint density at radius 1 is 1.21 bits per heavy atom. The highest BCUT2D eigenvalue weighted by Crippen LogP contribution is 2.25. The van der Waals surface area contributed by atoms with Crippen LogP contribution in [-0.4, -0.2) is 60.1 Å². The summed E-state index contributed by atoms with van der Waals surface area (Å²) in [7, 11) is 0. The first kappa shape index (κ1) is 19.1. The van der Waals surface area contributed by atoms with Gasteiger partial charge in [-0.2, -0.15) is 0 Å². The molecule has 2 saturated heterocycles. The number of carbonyl (C=O) groups is 1. The van der Waals surface area contributed by atoms with Gasteiger partial charge in [0.05, 0.1) is 24.8 Å². The fourth-order valence-corrected chi connectivity index (χ4v) is 3.95. The summed E-state index contributed by atoms with van der Waals surface area (Å²) in [5, 5.41) is 0. The predicted molar refractivity (Wildman–Crippen MR) is 102 cm³/mol. The molecule has 2 aliphatic rings. The van der Waals surface area contributed by atoms with Crippen LogP contribution in [0.5, 0.6) is 0 Å². The van der Waals surface area contributed by atoms with Gasteiger partial charge in [-0.1, -0.05) is 0 Å². The quantitative estimate of drug-likeness (QED) is 0.807. The second-order valence-electron chi connectivity index (χ2n) is 7.54. The van der Waals surface area contributed by atoms with Crippen LogP contribution < -0.4 is 0 Å². The molecule has 0 N–H and O–H groups in total. The topological polar surface area (TPSA) is 58.8 Å². The van der Waals surface area contributed by atoms with E-state index in [1.807, 2.05) is 11.8 Å². The molecule has 4 rings (SSSR count). The Hall–Kier alpha value is -2.25. The maximum Gasteiger partial charge on any atom is 0.227 e. The van der Waals surface area contributed by atoms with Gasteiger partial charge in [0.2, 0.25) is 11.8 Å². The minimum absolute atomic E-state index is 0.0376. The van der Waals surface area contributed by atoms with Crippen molar-refractivity contribution < 1.29 is 18.3 Å². The Labute approximate surface area is 164 Å². The largest absolute Gasteiger partial charge is 0.441 e. The normalized spacial score (nSPS) is 21.1. The third-order valence-electron chi connectivity index (χ3n) is 5.53. The molecule has 0 saturated carbocycles. The zero-order valence-corrected chi connectivity index (χ0v) is 16.2. The molecule has 0 unspecified atom stereocenters. The van der Waals surface area contributed by atoms with E-state index in [0.29, 0.717) is 38.7 Å². The molecule has 1 aromatic carbocycles. The fraction of sp³-hybridized carbons (Fsp3) is 0.524. The second-order valence-corrected chi connectivity index (χ2v) is 7.54. The molecule has 2 aliphatic heterocycles. The van der Waals surface area contributed by atoms with Crippen LogP contribution in [0.1, 0.15) is 24.3 Å². The fourth-order valence-electron chi connectivity index (χ4n) is 3.95. The van der Waals surface area contributed by atoms with Gasteiger partial charge in [-0.3, -0.25) is 9.69 Å². The number of morpholine rings is 1. The second kappa shape index (κ2) is 8.41. The van der Waals surface area contributed by atoms with Gasteiger partial charge in [-0.05, 0) is 50.6 Å². The molecule has 0 bridgehead atoms. The number of likely N-dealkylation sites (tertiary alicyclic amines) is 1. The van der Waals surface area contributed by atoms with Crippen molar-refractivity contribution in [3.05, 3.63) is 41.5 Å².